The maximum atomic E-state index is 12.0. The van der Waals surface area contributed by atoms with Crippen molar-refractivity contribution in [3.8, 4) is 0 Å². The third kappa shape index (κ3) is 5.47. The molecule has 128 valence electrons. The quantitative estimate of drug-likeness (QED) is 0.770. The Bertz CT molecular complexity index is 746. The smallest absolute Gasteiger partial charge is 0.240 e. The molecule has 0 aliphatic rings. The van der Waals surface area contributed by atoms with Crippen molar-refractivity contribution in [1.82, 2.24) is 10.0 Å². The lowest BCUT2D eigenvalue weighted by molar-refractivity contribution is -0.120. The molecular formula is C18H22N2O3S. The first kappa shape index (κ1) is 18.2. The Kier molecular flexibility index (Phi) is 6.52. The van der Waals surface area contributed by atoms with Crippen molar-refractivity contribution in [3.05, 3.63) is 66.2 Å². The van der Waals surface area contributed by atoms with Gasteiger partial charge in [-0.25, -0.2) is 13.1 Å². The fraction of sp³-hybridized carbons (Fsp3) is 0.278. The van der Waals surface area contributed by atoms with Gasteiger partial charge in [-0.1, -0.05) is 55.5 Å². The van der Waals surface area contributed by atoms with Gasteiger partial charge in [0.1, 0.15) is 0 Å². The van der Waals surface area contributed by atoms with Crippen molar-refractivity contribution in [3.63, 3.8) is 0 Å². The maximum absolute atomic E-state index is 12.0. The molecule has 0 saturated heterocycles. The molecule has 1 unspecified atom stereocenters. The highest BCUT2D eigenvalue weighted by atomic mass is 32.2. The molecule has 0 spiro atoms. The minimum atomic E-state index is -3.56. The molecule has 1 amide bonds. The molecule has 2 aromatic rings. The van der Waals surface area contributed by atoms with Crippen LogP contribution in [-0.2, 0) is 14.8 Å². The molecule has 1 atom stereocenters. The Morgan fingerprint density at radius 1 is 1.00 bits per heavy atom. The summed E-state index contributed by atoms with van der Waals surface area (Å²) < 4.78 is 26.5. The van der Waals surface area contributed by atoms with Crippen molar-refractivity contribution in [1.29, 1.82) is 0 Å². The number of rotatable bonds is 8. The summed E-state index contributed by atoms with van der Waals surface area (Å²) in [5.74, 6) is 0.0321. The Morgan fingerprint density at radius 3 is 2.21 bits per heavy atom. The van der Waals surface area contributed by atoms with Crippen molar-refractivity contribution < 1.29 is 13.2 Å². The molecule has 2 rings (SSSR count). The van der Waals surface area contributed by atoms with Crippen LogP contribution in [-0.4, -0.2) is 27.4 Å². The summed E-state index contributed by atoms with van der Waals surface area (Å²) in [5, 5.41) is 2.83. The van der Waals surface area contributed by atoms with Crippen molar-refractivity contribution >= 4 is 15.9 Å². The van der Waals surface area contributed by atoms with Gasteiger partial charge in [0.25, 0.3) is 0 Å². The molecule has 0 aliphatic carbocycles. The van der Waals surface area contributed by atoms with E-state index in [2.05, 4.69) is 10.0 Å². The zero-order valence-electron chi connectivity index (χ0n) is 13.6. The summed E-state index contributed by atoms with van der Waals surface area (Å²) in [4.78, 5) is 12.1. The van der Waals surface area contributed by atoms with Gasteiger partial charge in [-0.05, 0) is 23.6 Å². The predicted molar refractivity (Wildman–Crippen MR) is 94.1 cm³/mol. The van der Waals surface area contributed by atoms with Gasteiger partial charge in [0, 0.05) is 19.5 Å². The van der Waals surface area contributed by atoms with E-state index in [-0.39, 0.29) is 29.7 Å². The first-order valence-corrected chi connectivity index (χ1v) is 9.34. The SMILES string of the molecule is CC(CNC(=O)CCNS(=O)(=O)c1ccccc1)c1ccccc1. The largest absolute Gasteiger partial charge is 0.355 e. The van der Waals surface area contributed by atoms with E-state index in [1.165, 1.54) is 12.1 Å². The number of amides is 1. The Morgan fingerprint density at radius 2 is 1.58 bits per heavy atom. The second-order valence-corrected chi connectivity index (χ2v) is 7.34. The molecule has 24 heavy (non-hydrogen) atoms. The number of hydrogen-bond acceptors (Lipinski definition) is 3. The number of nitrogens with one attached hydrogen (secondary N) is 2. The van der Waals surface area contributed by atoms with Crippen LogP contribution in [0.3, 0.4) is 0 Å². The highest BCUT2D eigenvalue weighted by molar-refractivity contribution is 7.89. The number of benzene rings is 2. The van der Waals surface area contributed by atoms with Crippen LogP contribution < -0.4 is 10.0 Å². The highest BCUT2D eigenvalue weighted by Crippen LogP contribution is 2.13. The van der Waals surface area contributed by atoms with Crippen molar-refractivity contribution in [2.24, 2.45) is 0 Å². The van der Waals surface area contributed by atoms with Crippen molar-refractivity contribution in [2.45, 2.75) is 24.2 Å². The van der Waals surface area contributed by atoms with Gasteiger partial charge >= 0.3 is 0 Å². The van der Waals surface area contributed by atoms with Gasteiger partial charge in [0.2, 0.25) is 15.9 Å². The molecule has 0 radical (unpaired) electrons. The first-order valence-electron chi connectivity index (χ1n) is 7.85. The lowest BCUT2D eigenvalue weighted by Gasteiger charge is -2.13. The van der Waals surface area contributed by atoms with Crippen LogP contribution in [0.2, 0.25) is 0 Å². The topological polar surface area (TPSA) is 75.3 Å². The minimum Gasteiger partial charge on any atom is -0.355 e. The Labute approximate surface area is 143 Å². The summed E-state index contributed by atoms with van der Waals surface area (Å²) in [6.45, 7) is 2.63. The summed E-state index contributed by atoms with van der Waals surface area (Å²) in [5.41, 5.74) is 1.16. The summed E-state index contributed by atoms with van der Waals surface area (Å²) in [6.07, 6.45) is 0.105. The van der Waals surface area contributed by atoms with Crippen LogP contribution in [0.4, 0.5) is 0 Å². The van der Waals surface area contributed by atoms with Crippen LogP contribution in [0, 0.1) is 0 Å². The van der Waals surface area contributed by atoms with E-state index < -0.39 is 10.0 Å². The normalized spacial score (nSPS) is 12.5. The van der Waals surface area contributed by atoms with Gasteiger partial charge in [-0.2, -0.15) is 0 Å². The molecule has 0 heterocycles. The lowest BCUT2D eigenvalue weighted by Crippen LogP contribution is -2.32. The molecule has 0 aliphatic heterocycles. The van der Waals surface area contributed by atoms with Gasteiger partial charge in [0.15, 0.2) is 0 Å². The molecule has 6 heteroatoms. The van der Waals surface area contributed by atoms with Gasteiger partial charge in [-0.3, -0.25) is 4.79 Å². The van der Waals surface area contributed by atoms with E-state index in [4.69, 9.17) is 0 Å². The molecule has 0 fully saturated rings. The van der Waals surface area contributed by atoms with Crippen LogP contribution >= 0.6 is 0 Å². The number of sulfonamides is 1. The van der Waals surface area contributed by atoms with Gasteiger partial charge < -0.3 is 5.32 Å². The van der Waals surface area contributed by atoms with Crippen LogP contribution in [0.5, 0.6) is 0 Å². The van der Waals surface area contributed by atoms with E-state index in [1.807, 2.05) is 37.3 Å². The Hall–Kier alpha value is -2.18. The monoisotopic (exact) mass is 346 g/mol. The summed E-state index contributed by atoms with van der Waals surface area (Å²) in [6, 6.07) is 18.0. The molecule has 2 N–H and O–H groups in total. The number of hydrogen-bond donors (Lipinski definition) is 2. The van der Waals surface area contributed by atoms with Gasteiger partial charge in [-0.15, -0.1) is 0 Å². The molecular weight excluding hydrogens is 324 g/mol. The molecule has 0 aromatic heterocycles. The molecule has 0 saturated carbocycles. The molecule has 0 bridgehead atoms. The second-order valence-electron chi connectivity index (χ2n) is 5.58. The zero-order valence-corrected chi connectivity index (χ0v) is 14.4. The van der Waals surface area contributed by atoms with Crippen LogP contribution in [0.15, 0.2) is 65.6 Å². The maximum Gasteiger partial charge on any atom is 0.240 e. The van der Waals surface area contributed by atoms with Crippen LogP contribution in [0.1, 0.15) is 24.8 Å². The average Bonchev–Trinajstić information content (AvgIpc) is 2.61. The number of carbonyl (C=O) groups excluding carboxylic acids is 1. The third-order valence-corrected chi connectivity index (χ3v) is 5.15. The van der Waals surface area contributed by atoms with E-state index >= 15 is 0 Å². The van der Waals surface area contributed by atoms with E-state index in [9.17, 15) is 13.2 Å². The molecule has 5 nitrogen and oxygen atoms in total. The summed E-state index contributed by atoms with van der Waals surface area (Å²) in [7, 11) is -3.56. The minimum absolute atomic E-state index is 0.0722. The van der Waals surface area contributed by atoms with Gasteiger partial charge in [0.05, 0.1) is 4.90 Å². The lowest BCUT2D eigenvalue weighted by atomic mass is 10.0. The average molecular weight is 346 g/mol. The third-order valence-electron chi connectivity index (χ3n) is 3.67. The number of carbonyl (C=O) groups is 1. The highest BCUT2D eigenvalue weighted by Gasteiger charge is 2.13. The molecule has 2 aromatic carbocycles. The summed E-state index contributed by atoms with van der Waals surface area (Å²) >= 11 is 0. The predicted octanol–water partition coefficient (Wildman–Crippen LogP) is 2.27. The van der Waals surface area contributed by atoms with E-state index in [0.29, 0.717) is 6.54 Å². The Balaban J connectivity index is 1.74. The second kappa shape index (κ2) is 8.61. The first-order chi connectivity index (χ1) is 11.5. The van der Waals surface area contributed by atoms with Crippen molar-refractivity contribution in [2.75, 3.05) is 13.1 Å². The van der Waals surface area contributed by atoms with E-state index in [1.54, 1.807) is 18.2 Å². The van der Waals surface area contributed by atoms with E-state index in [0.717, 1.165) is 5.56 Å². The fourth-order valence-corrected chi connectivity index (χ4v) is 3.29. The fourth-order valence-electron chi connectivity index (χ4n) is 2.24. The zero-order chi connectivity index (χ0) is 17.4. The standard InChI is InChI=1S/C18H22N2O3S/c1-15(16-8-4-2-5-9-16)14-19-18(21)12-13-20-24(22,23)17-10-6-3-7-11-17/h2-11,15,20H,12-14H2,1H3,(H,19,21). The van der Waals surface area contributed by atoms with Crippen LogP contribution in [0.25, 0.3) is 0 Å².